The molecular weight excluding hydrogens is 340 g/mol. The van der Waals surface area contributed by atoms with Gasteiger partial charge in [-0.15, -0.1) is 12.4 Å². The molecule has 1 aromatic rings. The summed E-state index contributed by atoms with van der Waals surface area (Å²) in [5, 5.41) is 5.84. The largest absolute Gasteiger partial charge is 0.349 e. The zero-order chi connectivity index (χ0) is 17.2. The number of carbonyl (C=O) groups excluding carboxylic acids is 2. The Balaban J connectivity index is 0.00000225. The van der Waals surface area contributed by atoms with Crippen LogP contribution in [0.2, 0.25) is 0 Å². The molecule has 1 saturated heterocycles. The highest BCUT2D eigenvalue weighted by molar-refractivity contribution is 5.97. The van der Waals surface area contributed by atoms with Gasteiger partial charge in [0, 0.05) is 23.8 Å². The maximum atomic E-state index is 12.3. The van der Waals surface area contributed by atoms with Gasteiger partial charge >= 0.3 is 0 Å². The smallest absolute Gasteiger partial charge is 0.251 e. The van der Waals surface area contributed by atoms with E-state index in [-0.39, 0.29) is 29.6 Å². The van der Waals surface area contributed by atoms with Crippen molar-refractivity contribution < 1.29 is 9.59 Å². The summed E-state index contributed by atoms with van der Waals surface area (Å²) in [5.41, 5.74) is 7.15. The number of hydrogen-bond donors (Lipinski definition) is 3. The standard InChI is InChI=1S/C18H26N4O2.ClH/c1-18(11-19)7-8-22(12-18)10-16(23)20-15-4-2-3-13(9-15)17(24)21-14-5-6-14;/h2-4,9,14H,5-8,10-12,19H2,1H3,(H,20,23)(H,21,24);1H. The first kappa shape index (κ1) is 19.7. The van der Waals surface area contributed by atoms with Crippen LogP contribution in [0.15, 0.2) is 24.3 Å². The number of amides is 2. The highest BCUT2D eigenvalue weighted by Gasteiger charge is 2.33. The average molecular weight is 367 g/mol. The van der Waals surface area contributed by atoms with E-state index < -0.39 is 0 Å². The first-order valence-electron chi connectivity index (χ1n) is 8.61. The van der Waals surface area contributed by atoms with Crippen molar-refractivity contribution in [1.82, 2.24) is 10.2 Å². The molecule has 3 rings (SSSR count). The van der Waals surface area contributed by atoms with Gasteiger partial charge in [0.15, 0.2) is 0 Å². The normalized spacial score (nSPS) is 23.0. The lowest BCUT2D eigenvalue weighted by molar-refractivity contribution is -0.117. The first-order valence-corrected chi connectivity index (χ1v) is 8.61. The molecule has 25 heavy (non-hydrogen) atoms. The molecule has 2 fully saturated rings. The van der Waals surface area contributed by atoms with Crippen LogP contribution in [0.1, 0.15) is 36.5 Å². The third-order valence-corrected chi connectivity index (χ3v) is 4.82. The van der Waals surface area contributed by atoms with Crippen LogP contribution < -0.4 is 16.4 Å². The van der Waals surface area contributed by atoms with Gasteiger partial charge in [-0.3, -0.25) is 14.5 Å². The molecule has 1 aliphatic carbocycles. The second-order valence-corrected chi connectivity index (χ2v) is 7.35. The Morgan fingerprint density at radius 1 is 1.36 bits per heavy atom. The molecule has 2 aliphatic rings. The number of hydrogen-bond acceptors (Lipinski definition) is 4. The second-order valence-electron chi connectivity index (χ2n) is 7.35. The molecule has 138 valence electrons. The van der Waals surface area contributed by atoms with Crippen LogP contribution in [0.5, 0.6) is 0 Å². The third-order valence-electron chi connectivity index (χ3n) is 4.82. The SMILES string of the molecule is CC1(CN)CCN(CC(=O)Nc2cccc(C(=O)NC3CC3)c2)C1.Cl. The van der Waals surface area contributed by atoms with Gasteiger partial charge in [-0.25, -0.2) is 0 Å². The van der Waals surface area contributed by atoms with Crippen LogP contribution in [-0.2, 0) is 4.79 Å². The molecule has 6 nitrogen and oxygen atoms in total. The van der Waals surface area contributed by atoms with E-state index in [9.17, 15) is 9.59 Å². The van der Waals surface area contributed by atoms with Crippen molar-refractivity contribution in [2.75, 3.05) is 31.5 Å². The lowest BCUT2D eigenvalue weighted by Crippen LogP contribution is -2.35. The lowest BCUT2D eigenvalue weighted by Gasteiger charge is -2.22. The van der Waals surface area contributed by atoms with Crippen molar-refractivity contribution in [1.29, 1.82) is 0 Å². The minimum absolute atomic E-state index is 0. The fourth-order valence-electron chi connectivity index (χ4n) is 3.07. The summed E-state index contributed by atoms with van der Waals surface area (Å²) in [5.74, 6) is -0.136. The molecule has 1 aliphatic heterocycles. The Labute approximate surface area is 154 Å². The number of anilines is 1. The summed E-state index contributed by atoms with van der Waals surface area (Å²) in [6.45, 7) is 4.90. The van der Waals surface area contributed by atoms with Crippen LogP contribution in [0, 0.1) is 5.41 Å². The Kier molecular flexibility index (Phi) is 6.43. The van der Waals surface area contributed by atoms with E-state index in [4.69, 9.17) is 5.73 Å². The number of nitrogens with two attached hydrogens (primary N) is 1. The minimum Gasteiger partial charge on any atom is -0.349 e. The summed E-state index contributed by atoms with van der Waals surface area (Å²) < 4.78 is 0. The van der Waals surface area contributed by atoms with Gasteiger partial charge in [0.05, 0.1) is 6.54 Å². The van der Waals surface area contributed by atoms with Crippen LogP contribution in [0.3, 0.4) is 0 Å². The second kappa shape index (κ2) is 8.17. The zero-order valence-corrected chi connectivity index (χ0v) is 15.4. The van der Waals surface area contributed by atoms with E-state index >= 15 is 0 Å². The van der Waals surface area contributed by atoms with Gasteiger partial charge in [0.25, 0.3) is 5.91 Å². The van der Waals surface area contributed by atoms with Gasteiger partial charge in [-0.05, 0) is 56.0 Å². The molecule has 0 spiro atoms. The zero-order valence-electron chi connectivity index (χ0n) is 14.6. The molecule has 1 aromatic carbocycles. The van der Waals surface area contributed by atoms with E-state index in [1.54, 1.807) is 24.3 Å². The number of nitrogens with one attached hydrogen (secondary N) is 2. The molecule has 4 N–H and O–H groups in total. The van der Waals surface area contributed by atoms with Crippen LogP contribution in [-0.4, -0.2) is 48.9 Å². The summed E-state index contributed by atoms with van der Waals surface area (Å²) in [7, 11) is 0. The topological polar surface area (TPSA) is 87.5 Å². The number of carbonyl (C=O) groups is 2. The van der Waals surface area contributed by atoms with E-state index in [1.807, 2.05) is 0 Å². The van der Waals surface area contributed by atoms with E-state index in [2.05, 4.69) is 22.5 Å². The van der Waals surface area contributed by atoms with E-state index in [1.165, 1.54) is 0 Å². The van der Waals surface area contributed by atoms with Gasteiger partial charge in [-0.1, -0.05) is 13.0 Å². The summed E-state index contributed by atoms with van der Waals surface area (Å²) in [6, 6.07) is 7.41. The maximum Gasteiger partial charge on any atom is 0.251 e. The van der Waals surface area contributed by atoms with E-state index in [0.29, 0.717) is 30.4 Å². The summed E-state index contributed by atoms with van der Waals surface area (Å²) >= 11 is 0. The van der Waals surface area contributed by atoms with Gasteiger partial charge in [-0.2, -0.15) is 0 Å². The van der Waals surface area contributed by atoms with E-state index in [0.717, 1.165) is 32.4 Å². The number of rotatable bonds is 6. The highest BCUT2D eigenvalue weighted by atomic mass is 35.5. The fourth-order valence-corrected chi connectivity index (χ4v) is 3.07. The molecule has 1 heterocycles. The van der Waals surface area contributed by atoms with Gasteiger partial charge < -0.3 is 16.4 Å². The average Bonchev–Trinajstić information content (AvgIpc) is 3.29. The number of likely N-dealkylation sites (tertiary alicyclic amines) is 1. The Bertz CT molecular complexity index is 635. The van der Waals surface area contributed by atoms with Gasteiger partial charge in [0.1, 0.15) is 0 Å². The number of halogens is 1. The van der Waals surface area contributed by atoms with Crippen molar-refractivity contribution in [2.24, 2.45) is 11.1 Å². The van der Waals surface area contributed by atoms with Crippen LogP contribution in [0.4, 0.5) is 5.69 Å². The van der Waals surface area contributed by atoms with Crippen molar-refractivity contribution >= 4 is 29.9 Å². The molecule has 1 unspecified atom stereocenters. The first-order chi connectivity index (χ1) is 11.5. The Morgan fingerprint density at radius 3 is 2.76 bits per heavy atom. The molecule has 0 bridgehead atoms. The molecule has 0 aromatic heterocycles. The Morgan fingerprint density at radius 2 is 2.12 bits per heavy atom. The van der Waals surface area contributed by atoms with Crippen LogP contribution >= 0.6 is 12.4 Å². The van der Waals surface area contributed by atoms with Crippen molar-refractivity contribution in [3.05, 3.63) is 29.8 Å². The Hall–Kier alpha value is -1.63. The molecule has 7 heteroatoms. The molecular formula is C18H27ClN4O2. The quantitative estimate of drug-likeness (QED) is 0.713. The lowest BCUT2D eigenvalue weighted by atomic mass is 9.90. The fraction of sp³-hybridized carbons (Fsp3) is 0.556. The number of benzene rings is 1. The van der Waals surface area contributed by atoms with Crippen molar-refractivity contribution in [3.63, 3.8) is 0 Å². The molecule has 1 atom stereocenters. The molecule has 1 saturated carbocycles. The monoisotopic (exact) mass is 366 g/mol. The molecule has 0 radical (unpaired) electrons. The minimum atomic E-state index is -0.0770. The molecule has 2 amide bonds. The van der Waals surface area contributed by atoms with Crippen LogP contribution in [0.25, 0.3) is 0 Å². The summed E-state index contributed by atoms with van der Waals surface area (Å²) in [4.78, 5) is 26.5. The maximum absolute atomic E-state index is 12.3. The number of nitrogens with zero attached hydrogens (tertiary/aromatic N) is 1. The third kappa shape index (κ3) is 5.42. The van der Waals surface area contributed by atoms with Crippen molar-refractivity contribution in [3.8, 4) is 0 Å². The summed E-state index contributed by atoms with van der Waals surface area (Å²) in [6.07, 6.45) is 3.13. The van der Waals surface area contributed by atoms with Crippen molar-refractivity contribution in [2.45, 2.75) is 32.2 Å². The highest BCUT2D eigenvalue weighted by Crippen LogP contribution is 2.28. The van der Waals surface area contributed by atoms with Gasteiger partial charge in [0.2, 0.25) is 5.91 Å². The predicted octanol–water partition coefficient (Wildman–Crippen LogP) is 1.61. The predicted molar refractivity (Wildman–Crippen MR) is 101 cm³/mol.